The number of esters is 1. The second-order valence-corrected chi connectivity index (χ2v) is 5.79. The fraction of sp³-hybridized carbons (Fsp3) is 0.467. The molecular formula is C15H21N3O3. The molecule has 6 heteroatoms. The summed E-state index contributed by atoms with van der Waals surface area (Å²) in [5.41, 5.74) is -0.305. The molecule has 0 fully saturated rings. The zero-order valence-electron chi connectivity index (χ0n) is 12.8. The Labute approximate surface area is 124 Å². The van der Waals surface area contributed by atoms with Crippen LogP contribution in [-0.2, 0) is 9.53 Å². The summed E-state index contributed by atoms with van der Waals surface area (Å²) >= 11 is 0. The van der Waals surface area contributed by atoms with Gasteiger partial charge in [-0.1, -0.05) is 0 Å². The summed E-state index contributed by atoms with van der Waals surface area (Å²) in [6, 6.07) is 2.85. The van der Waals surface area contributed by atoms with Crippen LogP contribution < -0.4 is 5.32 Å². The predicted molar refractivity (Wildman–Crippen MR) is 79.4 cm³/mol. The molecule has 0 bridgehead atoms. The van der Waals surface area contributed by atoms with Gasteiger partial charge in [-0.25, -0.2) is 4.79 Å². The Hall–Kier alpha value is -2.24. The normalized spacial score (nSPS) is 12.4. The monoisotopic (exact) mass is 291 g/mol. The Morgan fingerprint density at radius 2 is 1.90 bits per heavy atom. The predicted octanol–water partition coefficient (Wildman–Crippen LogP) is 1.95. The summed E-state index contributed by atoms with van der Waals surface area (Å²) in [4.78, 5) is 27.4. The molecule has 0 aromatic carbocycles. The van der Waals surface area contributed by atoms with E-state index in [4.69, 9.17) is 10.1 Å². The van der Waals surface area contributed by atoms with Crippen LogP contribution in [0.15, 0.2) is 24.5 Å². The lowest BCUT2D eigenvalue weighted by Crippen LogP contribution is -2.37. The van der Waals surface area contributed by atoms with Crippen molar-refractivity contribution in [1.29, 1.82) is 5.41 Å². The molecule has 0 spiro atoms. The van der Waals surface area contributed by atoms with Crippen LogP contribution in [0.4, 0.5) is 0 Å². The lowest BCUT2D eigenvalue weighted by atomic mass is 10.1. The number of hydrogen-bond acceptors (Lipinski definition) is 5. The Bertz CT molecular complexity index is 521. The summed E-state index contributed by atoms with van der Waals surface area (Å²) in [6.07, 6.45) is 3.18. The number of pyridine rings is 1. The molecule has 1 atom stereocenters. The molecule has 0 saturated heterocycles. The van der Waals surface area contributed by atoms with E-state index in [1.807, 2.05) is 0 Å². The SMILES string of the molecule is C[C@H](CC(=N)C(=O)OC(C)(C)C)NC(=O)c1ccncc1. The number of amides is 1. The van der Waals surface area contributed by atoms with Gasteiger partial charge in [0.25, 0.3) is 5.91 Å². The third-order valence-corrected chi connectivity index (χ3v) is 2.48. The van der Waals surface area contributed by atoms with Gasteiger partial charge in [0.05, 0.1) is 0 Å². The van der Waals surface area contributed by atoms with Crippen molar-refractivity contribution in [3.63, 3.8) is 0 Å². The number of hydrogen-bond donors (Lipinski definition) is 2. The summed E-state index contributed by atoms with van der Waals surface area (Å²) in [7, 11) is 0. The molecule has 1 aromatic rings. The van der Waals surface area contributed by atoms with E-state index in [0.29, 0.717) is 5.56 Å². The van der Waals surface area contributed by atoms with Gasteiger partial charge in [-0.3, -0.25) is 15.2 Å². The first-order chi connectivity index (χ1) is 9.69. The lowest BCUT2D eigenvalue weighted by Gasteiger charge is -2.20. The van der Waals surface area contributed by atoms with Gasteiger partial charge < -0.3 is 10.1 Å². The van der Waals surface area contributed by atoms with Crippen molar-refractivity contribution in [2.45, 2.75) is 45.8 Å². The molecule has 0 aliphatic rings. The molecular weight excluding hydrogens is 270 g/mol. The van der Waals surface area contributed by atoms with Crippen molar-refractivity contribution in [2.24, 2.45) is 0 Å². The number of nitrogens with one attached hydrogen (secondary N) is 2. The van der Waals surface area contributed by atoms with Crippen LogP contribution >= 0.6 is 0 Å². The number of nitrogens with zero attached hydrogens (tertiary/aromatic N) is 1. The van der Waals surface area contributed by atoms with Crippen LogP contribution in [-0.4, -0.2) is 34.2 Å². The minimum absolute atomic E-state index is 0.117. The minimum Gasteiger partial charge on any atom is -0.456 e. The average molecular weight is 291 g/mol. The molecule has 1 heterocycles. The quantitative estimate of drug-likeness (QED) is 0.640. The molecule has 1 rings (SSSR count). The van der Waals surface area contributed by atoms with E-state index in [1.165, 1.54) is 12.4 Å². The zero-order valence-corrected chi connectivity index (χ0v) is 12.8. The van der Waals surface area contributed by atoms with Gasteiger partial charge in [-0.05, 0) is 39.8 Å². The van der Waals surface area contributed by atoms with E-state index in [9.17, 15) is 9.59 Å². The number of ether oxygens (including phenoxy) is 1. The van der Waals surface area contributed by atoms with Crippen molar-refractivity contribution in [2.75, 3.05) is 0 Å². The minimum atomic E-state index is -0.660. The van der Waals surface area contributed by atoms with Gasteiger partial charge in [0.1, 0.15) is 11.3 Å². The fourth-order valence-electron chi connectivity index (χ4n) is 1.59. The molecule has 1 aromatic heterocycles. The van der Waals surface area contributed by atoms with E-state index in [1.54, 1.807) is 39.8 Å². The van der Waals surface area contributed by atoms with E-state index in [0.717, 1.165) is 0 Å². The molecule has 0 saturated carbocycles. The summed E-state index contributed by atoms with van der Waals surface area (Å²) in [5, 5.41) is 10.4. The van der Waals surface area contributed by atoms with E-state index < -0.39 is 11.6 Å². The van der Waals surface area contributed by atoms with Crippen molar-refractivity contribution in [3.8, 4) is 0 Å². The second kappa shape index (κ2) is 6.97. The molecule has 0 aliphatic carbocycles. The van der Waals surface area contributed by atoms with Crippen LogP contribution in [0.1, 0.15) is 44.5 Å². The lowest BCUT2D eigenvalue weighted by molar-refractivity contribution is -0.146. The summed E-state index contributed by atoms with van der Waals surface area (Å²) in [6.45, 7) is 6.96. The van der Waals surface area contributed by atoms with Crippen molar-refractivity contribution in [1.82, 2.24) is 10.3 Å². The Kier molecular flexibility index (Phi) is 5.58. The number of aromatic nitrogens is 1. The van der Waals surface area contributed by atoms with Crippen LogP contribution in [0.25, 0.3) is 0 Å². The van der Waals surface area contributed by atoms with Gasteiger partial charge in [-0.2, -0.15) is 0 Å². The Morgan fingerprint density at radius 1 is 1.33 bits per heavy atom. The Morgan fingerprint density at radius 3 is 2.43 bits per heavy atom. The third kappa shape index (κ3) is 6.16. The van der Waals surface area contributed by atoms with Gasteiger partial charge in [0.2, 0.25) is 0 Å². The molecule has 21 heavy (non-hydrogen) atoms. The first-order valence-electron chi connectivity index (χ1n) is 6.70. The average Bonchev–Trinajstić information content (AvgIpc) is 2.37. The highest BCUT2D eigenvalue weighted by atomic mass is 16.6. The molecule has 1 amide bonds. The first-order valence-corrected chi connectivity index (χ1v) is 6.70. The highest BCUT2D eigenvalue weighted by Crippen LogP contribution is 2.09. The summed E-state index contributed by atoms with van der Waals surface area (Å²) < 4.78 is 5.11. The Balaban J connectivity index is 2.50. The highest BCUT2D eigenvalue weighted by Gasteiger charge is 2.22. The maximum absolute atomic E-state index is 11.9. The zero-order chi connectivity index (χ0) is 16.0. The molecule has 0 unspecified atom stereocenters. The van der Waals surface area contributed by atoms with Crippen LogP contribution in [0.3, 0.4) is 0 Å². The highest BCUT2D eigenvalue weighted by molar-refractivity contribution is 6.35. The van der Waals surface area contributed by atoms with Crippen molar-refractivity contribution >= 4 is 17.6 Å². The van der Waals surface area contributed by atoms with E-state index >= 15 is 0 Å². The third-order valence-electron chi connectivity index (χ3n) is 2.48. The van der Waals surface area contributed by atoms with E-state index in [-0.39, 0.29) is 24.1 Å². The molecule has 0 aliphatic heterocycles. The van der Waals surface area contributed by atoms with Crippen LogP contribution in [0.2, 0.25) is 0 Å². The largest absolute Gasteiger partial charge is 0.456 e. The standard InChI is InChI=1S/C15H21N3O3/c1-10(9-12(16)14(20)21-15(2,3)4)18-13(19)11-5-7-17-8-6-11/h5-8,10,16H,9H2,1-4H3,(H,18,19)/t10-/m1/s1. The van der Waals surface area contributed by atoms with Gasteiger partial charge in [0.15, 0.2) is 0 Å². The fourth-order valence-corrected chi connectivity index (χ4v) is 1.59. The molecule has 6 nitrogen and oxygen atoms in total. The first kappa shape index (κ1) is 16.8. The van der Waals surface area contributed by atoms with Crippen LogP contribution in [0.5, 0.6) is 0 Å². The number of rotatable bonds is 5. The number of carbonyl (C=O) groups is 2. The van der Waals surface area contributed by atoms with Crippen molar-refractivity contribution in [3.05, 3.63) is 30.1 Å². The molecule has 2 N–H and O–H groups in total. The van der Waals surface area contributed by atoms with Crippen molar-refractivity contribution < 1.29 is 14.3 Å². The summed E-state index contributed by atoms with van der Waals surface area (Å²) in [5.74, 6) is -0.922. The molecule has 0 radical (unpaired) electrons. The molecule has 114 valence electrons. The smallest absolute Gasteiger partial charge is 0.352 e. The van der Waals surface area contributed by atoms with Crippen LogP contribution in [0, 0.1) is 5.41 Å². The van der Waals surface area contributed by atoms with Gasteiger partial charge in [0, 0.05) is 30.4 Å². The maximum Gasteiger partial charge on any atom is 0.352 e. The topological polar surface area (TPSA) is 92.1 Å². The van der Waals surface area contributed by atoms with Gasteiger partial charge >= 0.3 is 5.97 Å². The maximum atomic E-state index is 11.9. The van der Waals surface area contributed by atoms with E-state index in [2.05, 4.69) is 10.3 Å². The number of carbonyl (C=O) groups excluding carboxylic acids is 2. The van der Waals surface area contributed by atoms with Gasteiger partial charge in [-0.15, -0.1) is 0 Å². The second-order valence-electron chi connectivity index (χ2n) is 5.79.